The predicted molar refractivity (Wildman–Crippen MR) is 56.6 cm³/mol. The van der Waals surface area contributed by atoms with Crippen LogP contribution >= 0.6 is 0 Å². The van der Waals surface area contributed by atoms with Gasteiger partial charge in [0.15, 0.2) is 0 Å². The summed E-state index contributed by atoms with van der Waals surface area (Å²) in [5.41, 5.74) is 0. The number of carbonyl (C=O) groups is 1. The van der Waals surface area contributed by atoms with Crippen LogP contribution in [0.4, 0.5) is 0 Å². The number of rotatable bonds is 7. The van der Waals surface area contributed by atoms with Crippen molar-refractivity contribution in [3.05, 3.63) is 0 Å². The number of hydrogen-bond acceptors (Lipinski definition) is 3. The summed E-state index contributed by atoms with van der Waals surface area (Å²) in [7, 11) is -3.57. The van der Waals surface area contributed by atoms with Crippen molar-refractivity contribution in [1.82, 2.24) is 9.44 Å². The third-order valence-electron chi connectivity index (χ3n) is 1.68. The van der Waals surface area contributed by atoms with Crippen LogP contribution in [0.1, 0.15) is 20.8 Å². The van der Waals surface area contributed by atoms with E-state index < -0.39 is 22.1 Å². The number of carboxylic acid groups (broad SMARTS) is 1. The molecule has 0 rings (SSSR count). The van der Waals surface area contributed by atoms with Crippen molar-refractivity contribution < 1.29 is 18.3 Å². The van der Waals surface area contributed by atoms with Gasteiger partial charge in [-0.15, -0.1) is 0 Å². The lowest BCUT2D eigenvalue weighted by atomic mass is 10.2. The van der Waals surface area contributed by atoms with Gasteiger partial charge in [-0.25, -0.2) is 9.44 Å². The van der Waals surface area contributed by atoms with E-state index in [0.717, 1.165) is 0 Å². The Balaban J connectivity index is 4.00. The van der Waals surface area contributed by atoms with E-state index in [4.69, 9.17) is 5.11 Å². The molecule has 0 heterocycles. The molecule has 6 nitrogen and oxygen atoms in total. The third kappa shape index (κ3) is 7.29. The summed E-state index contributed by atoms with van der Waals surface area (Å²) in [5, 5.41) is 8.54. The molecule has 0 amide bonds. The number of carboxylic acids is 1. The fraction of sp³-hybridized carbons (Fsp3) is 0.875. The molecule has 0 aromatic heterocycles. The van der Waals surface area contributed by atoms with Gasteiger partial charge in [0.05, 0.1) is 5.92 Å². The van der Waals surface area contributed by atoms with Crippen molar-refractivity contribution in [3.63, 3.8) is 0 Å². The van der Waals surface area contributed by atoms with Crippen molar-refractivity contribution in [2.24, 2.45) is 11.8 Å². The fourth-order valence-electron chi connectivity index (χ4n) is 0.649. The van der Waals surface area contributed by atoms with E-state index in [1.165, 1.54) is 6.92 Å². The molecule has 0 bridgehead atoms. The van der Waals surface area contributed by atoms with Crippen LogP contribution in [-0.4, -0.2) is 32.6 Å². The Morgan fingerprint density at radius 1 is 1.20 bits per heavy atom. The summed E-state index contributed by atoms with van der Waals surface area (Å²) in [6.45, 7) is 5.41. The van der Waals surface area contributed by atoms with E-state index in [9.17, 15) is 13.2 Å². The highest BCUT2D eigenvalue weighted by Gasteiger charge is 2.15. The standard InChI is InChI=1S/C8H18N2O4S/c1-6(2)4-9-15(13,14)10-5-7(3)8(11)12/h6-7,9-10H,4-5H2,1-3H3,(H,11,12). The zero-order chi connectivity index (χ0) is 12.1. The summed E-state index contributed by atoms with van der Waals surface area (Å²) in [6.07, 6.45) is 0. The van der Waals surface area contributed by atoms with Gasteiger partial charge in [-0.2, -0.15) is 8.42 Å². The number of nitrogens with one attached hydrogen (secondary N) is 2. The second-order valence-electron chi connectivity index (χ2n) is 3.83. The lowest BCUT2D eigenvalue weighted by Gasteiger charge is -2.11. The van der Waals surface area contributed by atoms with Crippen LogP contribution < -0.4 is 9.44 Å². The van der Waals surface area contributed by atoms with E-state index in [0.29, 0.717) is 6.54 Å². The Labute approximate surface area is 90.2 Å². The monoisotopic (exact) mass is 238 g/mol. The van der Waals surface area contributed by atoms with E-state index in [1.54, 1.807) is 0 Å². The first-order valence-electron chi connectivity index (χ1n) is 4.71. The molecule has 0 aromatic rings. The van der Waals surface area contributed by atoms with Crippen LogP contribution in [0, 0.1) is 11.8 Å². The lowest BCUT2D eigenvalue weighted by molar-refractivity contribution is -0.140. The first kappa shape index (κ1) is 14.3. The largest absolute Gasteiger partial charge is 0.481 e. The minimum Gasteiger partial charge on any atom is -0.481 e. The summed E-state index contributed by atoms with van der Waals surface area (Å²) in [4.78, 5) is 10.4. The molecule has 90 valence electrons. The highest BCUT2D eigenvalue weighted by Crippen LogP contribution is 1.93. The van der Waals surface area contributed by atoms with Crippen LogP contribution in [0.2, 0.25) is 0 Å². The molecule has 0 radical (unpaired) electrons. The van der Waals surface area contributed by atoms with E-state index in [-0.39, 0.29) is 12.5 Å². The maximum atomic E-state index is 11.2. The minimum atomic E-state index is -3.57. The molecule has 0 aliphatic rings. The van der Waals surface area contributed by atoms with E-state index in [2.05, 4.69) is 9.44 Å². The smallest absolute Gasteiger partial charge is 0.307 e. The van der Waals surface area contributed by atoms with Crippen LogP contribution in [0.25, 0.3) is 0 Å². The lowest BCUT2D eigenvalue weighted by Crippen LogP contribution is -2.41. The van der Waals surface area contributed by atoms with E-state index >= 15 is 0 Å². The van der Waals surface area contributed by atoms with Crippen molar-refractivity contribution in [1.29, 1.82) is 0 Å². The molecule has 0 aromatic carbocycles. The van der Waals surface area contributed by atoms with Gasteiger partial charge in [0.2, 0.25) is 0 Å². The Bertz CT molecular complexity index is 300. The first-order valence-corrected chi connectivity index (χ1v) is 6.20. The minimum absolute atomic E-state index is 0.108. The second-order valence-corrected chi connectivity index (χ2v) is 5.42. The van der Waals surface area contributed by atoms with Gasteiger partial charge in [0, 0.05) is 13.1 Å². The molecule has 0 fully saturated rings. The van der Waals surface area contributed by atoms with Crippen LogP contribution in [-0.2, 0) is 15.0 Å². The SMILES string of the molecule is CC(C)CNS(=O)(=O)NCC(C)C(=O)O. The maximum absolute atomic E-state index is 11.2. The zero-order valence-electron chi connectivity index (χ0n) is 9.15. The third-order valence-corrected chi connectivity index (χ3v) is 2.78. The zero-order valence-corrected chi connectivity index (χ0v) is 9.97. The van der Waals surface area contributed by atoms with Crippen molar-refractivity contribution in [2.75, 3.05) is 13.1 Å². The molecule has 3 N–H and O–H groups in total. The molecule has 7 heteroatoms. The predicted octanol–water partition coefficient (Wildman–Crippen LogP) is -0.213. The van der Waals surface area contributed by atoms with Crippen LogP contribution in [0.5, 0.6) is 0 Å². The van der Waals surface area contributed by atoms with Crippen molar-refractivity contribution in [3.8, 4) is 0 Å². The van der Waals surface area contributed by atoms with Gasteiger partial charge in [-0.05, 0) is 5.92 Å². The fourth-order valence-corrected chi connectivity index (χ4v) is 1.77. The van der Waals surface area contributed by atoms with Gasteiger partial charge in [0.1, 0.15) is 0 Å². The van der Waals surface area contributed by atoms with Crippen LogP contribution in [0.3, 0.4) is 0 Å². The summed E-state index contributed by atoms with van der Waals surface area (Å²) >= 11 is 0. The Morgan fingerprint density at radius 2 is 1.67 bits per heavy atom. The second kappa shape index (κ2) is 6.04. The molecule has 0 saturated heterocycles. The average Bonchev–Trinajstić information content (AvgIpc) is 2.11. The molecule has 15 heavy (non-hydrogen) atoms. The maximum Gasteiger partial charge on any atom is 0.307 e. The quantitative estimate of drug-likeness (QED) is 0.571. The van der Waals surface area contributed by atoms with Crippen molar-refractivity contribution in [2.45, 2.75) is 20.8 Å². The van der Waals surface area contributed by atoms with Gasteiger partial charge >= 0.3 is 5.97 Å². The van der Waals surface area contributed by atoms with Gasteiger partial charge in [-0.3, -0.25) is 4.79 Å². The Kier molecular flexibility index (Phi) is 5.77. The normalized spacial score (nSPS) is 14.1. The molecule has 0 aliphatic carbocycles. The highest BCUT2D eigenvalue weighted by atomic mass is 32.2. The molecular weight excluding hydrogens is 220 g/mol. The first-order chi connectivity index (χ1) is 6.74. The van der Waals surface area contributed by atoms with Gasteiger partial charge < -0.3 is 5.11 Å². The highest BCUT2D eigenvalue weighted by molar-refractivity contribution is 7.87. The molecule has 0 saturated carbocycles. The summed E-state index contributed by atoms with van der Waals surface area (Å²) in [6, 6.07) is 0. The average molecular weight is 238 g/mol. The van der Waals surface area contributed by atoms with Crippen molar-refractivity contribution >= 4 is 16.2 Å². The van der Waals surface area contributed by atoms with E-state index in [1.807, 2.05) is 13.8 Å². The number of aliphatic carboxylic acids is 1. The van der Waals surface area contributed by atoms with Gasteiger partial charge in [0.25, 0.3) is 10.2 Å². The molecule has 0 aliphatic heterocycles. The topological polar surface area (TPSA) is 95.5 Å². The molecule has 1 atom stereocenters. The Morgan fingerprint density at radius 3 is 2.07 bits per heavy atom. The Hall–Kier alpha value is -0.660. The number of hydrogen-bond donors (Lipinski definition) is 3. The van der Waals surface area contributed by atoms with Gasteiger partial charge in [-0.1, -0.05) is 20.8 Å². The molecule has 1 unspecified atom stereocenters. The summed E-state index contributed by atoms with van der Waals surface area (Å²) < 4.78 is 27.0. The summed E-state index contributed by atoms with van der Waals surface area (Å²) in [5.74, 6) is -1.55. The van der Waals surface area contributed by atoms with Crippen LogP contribution in [0.15, 0.2) is 0 Å². The molecule has 0 spiro atoms. The molecular formula is C8H18N2O4S.